The number of aromatic nitrogens is 2. The molecule has 0 saturated heterocycles. The van der Waals surface area contributed by atoms with Crippen LogP contribution in [-0.4, -0.2) is 46.1 Å². The van der Waals surface area contributed by atoms with Crippen molar-refractivity contribution in [2.75, 3.05) is 18.6 Å². The Bertz CT molecular complexity index is 831. The zero-order chi connectivity index (χ0) is 23.1. The van der Waals surface area contributed by atoms with Gasteiger partial charge in [0.1, 0.15) is 0 Å². The number of hydrogen-bond donors (Lipinski definition) is 4. The topological polar surface area (TPSA) is 109 Å². The van der Waals surface area contributed by atoms with Gasteiger partial charge in [-0.1, -0.05) is 13.8 Å². The van der Waals surface area contributed by atoms with Crippen molar-refractivity contribution in [2.45, 2.75) is 89.8 Å². The molecule has 7 heteroatoms. The van der Waals surface area contributed by atoms with Crippen LogP contribution in [-0.2, 0) is 4.74 Å². The Hall–Kier alpha value is -1.44. The Balaban J connectivity index is 1.28. The summed E-state index contributed by atoms with van der Waals surface area (Å²) in [5.41, 5.74) is 8.30. The number of H-pyrrole nitrogens is 1. The van der Waals surface area contributed by atoms with Crippen LogP contribution >= 0.6 is 0 Å². The van der Waals surface area contributed by atoms with Crippen LogP contribution < -0.4 is 11.2 Å². The molecule has 0 radical (unpaired) electrons. The first-order chi connectivity index (χ1) is 15.9. The van der Waals surface area contributed by atoms with Crippen molar-refractivity contribution in [3.05, 3.63) is 12.4 Å². The third-order valence-corrected chi connectivity index (χ3v) is 10.5. The minimum Gasteiger partial charge on any atom is -0.389 e. The summed E-state index contributed by atoms with van der Waals surface area (Å²) < 4.78 is 6.18. The van der Waals surface area contributed by atoms with E-state index < -0.39 is 5.60 Å². The normalized spacial score (nSPS) is 44.9. The fraction of sp³-hybridized carbons (Fsp3) is 0.846. The standard InChI is InChI=1S/C26H43N5O2/c1-24-9-7-20(33-15-3-12-27)16-18(24)4-5-22-21(24)8-10-25(2)19(6-11-26(22,25)32)17-30-31-23-28-13-14-29-23/h13-14,17-22,32H,3-12,15-16,27H2,1-2H3,(H2,28,29,31)/b30-17+/t18-,19-,20+,21+,22-,24+,25-,26+/m1/s1. The molecule has 0 spiro atoms. The van der Waals surface area contributed by atoms with E-state index in [2.05, 4.69) is 34.3 Å². The van der Waals surface area contributed by atoms with Crippen LogP contribution in [0.4, 0.5) is 5.95 Å². The lowest BCUT2D eigenvalue weighted by atomic mass is 9.43. The molecule has 7 nitrogen and oxygen atoms in total. The largest absolute Gasteiger partial charge is 0.389 e. The summed E-state index contributed by atoms with van der Waals surface area (Å²) in [6.07, 6.45) is 17.1. The molecule has 5 N–H and O–H groups in total. The lowest BCUT2D eigenvalue weighted by Gasteiger charge is -2.63. The molecule has 0 amide bonds. The number of aliphatic hydroxyl groups is 1. The van der Waals surface area contributed by atoms with Gasteiger partial charge in [0, 0.05) is 36.5 Å². The lowest BCUT2D eigenvalue weighted by molar-refractivity contribution is -0.207. The molecule has 4 aliphatic rings. The number of ether oxygens (including phenoxy) is 1. The lowest BCUT2D eigenvalue weighted by Crippen LogP contribution is -2.62. The highest BCUT2D eigenvalue weighted by molar-refractivity contribution is 5.64. The first-order valence-electron chi connectivity index (χ1n) is 13.2. The predicted octanol–water partition coefficient (Wildman–Crippen LogP) is 4.32. The van der Waals surface area contributed by atoms with E-state index in [0.29, 0.717) is 41.8 Å². The Morgan fingerprint density at radius 2 is 2.09 bits per heavy atom. The van der Waals surface area contributed by atoms with Gasteiger partial charge in [0.05, 0.1) is 11.7 Å². The fourth-order valence-electron chi connectivity index (χ4n) is 8.47. The maximum absolute atomic E-state index is 12.3. The fourth-order valence-corrected chi connectivity index (χ4v) is 8.47. The van der Waals surface area contributed by atoms with E-state index in [0.717, 1.165) is 51.0 Å². The summed E-state index contributed by atoms with van der Waals surface area (Å²) in [6.45, 7) is 6.38. The molecule has 33 heavy (non-hydrogen) atoms. The van der Waals surface area contributed by atoms with Crippen molar-refractivity contribution in [2.24, 2.45) is 45.3 Å². The van der Waals surface area contributed by atoms with E-state index in [1.165, 1.54) is 25.7 Å². The molecule has 184 valence electrons. The molecule has 0 bridgehead atoms. The molecule has 8 atom stereocenters. The molecule has 1 heterocycles. The van der Waals surface area contributed by atoms with Crippen LogP contribution in [0.25, 0.3) is 0 Å². The van der Waals surface area contributed by atoms with Gasteiger partial charge in [0.25, 0.3) is 0 Å². The first-order valence-corrected chi connectivity index (χ1v) is 13.2. The molecule has 1 aromatic rings. The second kappa shape index (κ2) is 8.97. The molecule has 0 aromatic carbocycles. The van der Waals surface area contributed by atoms with E-state index in [1.807, 2.05) is 6.21 Å². The highest BCUT2D eigenvalue weighted by Crippen LogP contribution is 2.68. The number of hydrogen-bond acceptors (Lipinski definition) is 6. The van der Waals surface area contributed by atoms with E-state index in [4.69, 9.17) is 10.5 Å². The zero-order valence-corrected chi connectivity index (χ0v) is 20.4. The number of imidazole rings is 1. The van der Waals surface area contributed by atoms with Gasteiger partial charge < -0.3 is 20.6 Å². The third kappa shape index (κ3) is 3.84. The van der Waals surface area contributed by atoms with Crippen LogP contribution in [0.5, 0.6) is 0 Å². The Morgan fingerprint density at radius 3 is 2.88 bits per heavy atom. The minimum atomic E-state index is -0.584. The number of anilines is 1. The summed E-state index contributed by atoms with van der Waals surface area (Å²) >= 11 is 0. The van der Waals surface area contributed by atoms with Gasteiger partial charge in [-0.3, -0.25) is 0 Å². The predicted molar refractivity (Wildman–Crippen MR) is 131 cm³/mol. The summed E-state index contributed by atoms with van der Waals surface area (Å²) in [4.78, 5) is 7.20. The summed E-state index contributed by atoms with van der Waals surface area (Å²) in [5, 5.41) is 16.8. The number of hydrazone groups is 1. The number of fused-ring (bicyclic) bond motifs is 5. The molecule has 0 aliphatic heterocycles. The van der Waals surface area contributed by atoms with Crippen molar-refractivity contribution in [1.29, 1.82) is 0 Å². The monoisotopic (exact) mass is 457 g/mol. The summed E-state index contributed by atoms with van der Waals surface area (Å²) in [7, 11) is 0. The van der Waals surface area contributed by atoms with Gasteiger partial charge in [-0.15, -0.1) is 0 Å². The highest BCUT2D eigenvalue weighted by Gasteiger charge is 2.66. The SMILES string of the molecule is C[C@]12CC[C@H](OCCCN)C[C@H]1CC[C@@H]1[C@@H]2CC[C@]2(C)[C@@H](/C=N/Nc3ncc[nH]3)CC[C@]12O. The maximum Gasteiger partial charge on any atom is 0.220 e. The molecular formula is C26H43N5O2. The number of nitrogens with one attached hydrogen (secondary N) is 2. The number of nitrogens with two attached hydrogens (primary N) is 1. The van der Waals surface area contributed by atoms with Crippen molar-refractivity contribution in [3.63, 3.8) is 0 Å². The third-order valence-electron chi connectivity index (χ3n) is 10.5. The molecule has 4 aliphatic carbocycles. The van der Waals surface area contributed by atoms with Crippen molar-refractivity contribution in [1.82, 2.24) is 9.97 Å². The van der Waals surface area contributed by atoms with Gasteiger partial charge in [-0.25, -0.2) is 10.4 Å². The first kappa shape index (κ1) is 23.3. The summed E-state index contributed by atoms with van der Waals surface area (Å²) in [6, 6.07) is 0. The number of aromatic amines is 1. The average Bonchev–Trinajstić information content (AvgIpc) is 3.41. The van der Waals surface area contributed by atoms with Crippen LogP contribution in [0.15, 0.2) is 17.5 Å². The second-order valence-electron chi connectivity index (χ2n) is 11.8. The Morgan fingerprint density at radius 1 is 1.21 bits per heavy atom. The second-order valence-corrected chi connectivity index (χ2v) is 11.8. The number of rotatable bonds is 7. The zero-order valence-electron chi connectivity index (χ0n) is 20.4. The van der Waals surface area contributed by atoms with Gasteiger partial charge >= 0.3 is 0 Å². The minimum absolute atomic E-state index is 0.103. The molecule has 1 aromatic heterocycles. The van der Waals surface area contributed by atoms with E-state index >= 15 is 0 Å². The highest BCUT2D eigenvalue weighted by atomic mass is 16.5. The van der Waals surface area contributed by atoms with E-state index in [1.54, 1.807) is 12.4 Å². The van der Waals surface area contributed by atoms with Crippen molar-refractivity contribution < 1.29 is 9.84 Å². The average molecular weight is 458 g/mol. The maximum atomic E-state index is 12.3. The van der Waals surface area contributed by atoms with Gasteiger partial charge in [0.2, 0.25) is 5.95 Å². The van der Waals surface area contributed by atoms with Gasteiger partial charge in [0.15, 0.2) is 0 Å². The quantitative estimate of drug-likeness (QED) is 0.277. The van der Waals surface area contributed by atoms with E-state index in [9.17, 15) is 5.11 Å². The van der Waals surface area contributed by atoms with Crippen LogP contribution in [0.1, 0.15) is 78.1 Å². The van der Waals surface area contributed by atoms with Gasteiger partial charge in [-0.2, -0.15) is 5.10 Å². The van der Waals surface area contributed by atoms with Crippen molar-refractivity contribution >= 4 is 12.2 Å². The van der Waals surface area contributed by atoms with Crippen LogP contribution in [0.3, 0.4) is 0 Å². The van der Waals surface area contributed by atoms with Crippen LogP contribution in [0, 0.1) is 34.5 Å². The van der Waals surface area contributed by atoms with Crippen molar-refractivity contribution in [3.8, 4) is 0 Å². The molecule has 5 rings (SSSR count). The molecular weight excluding hydrogens is 414 g/mol. The molecule has 4 fully saturated rings. The number of nitrogens with zero attached hydrogens (tertiary/aromatic N) is 2. The summed E-state index contributed by atoms with van der Waals surface area (Å²) in [5.74, 6) is 2.70. The molecule has 4 saturated carbocycles. The molecule has 0 unspecified atom stereocenters. The van der Waals surface area contributed by atoms with Gasteiger partial charge in [-0.05, 0) is 93.9 Å². The van der Waals surface area contributed by atoms with E-state index in [-0.39, 0.29) is 5.41 Å². The Kier molecular flexibility index (Phi) is 6.34. The van der Waals surface area contributed by atoms with Crippen LogP contribution in [0.2, 0.25) is 0 Å². The Labute approximate surface area is 198 Å². The smallest absolute Gasteiger partial charge is 0.220 e.